The maximum Gasteiger partial charge on any atom is 0.501 e. The van der Waals surface area contributed by atoms with Crippen molar-refractivity contribution in [3.8, 4) is 0 Å². The second-order valence-corrected chi connectivity index (χ2v) is 17.4. The van der Waals surface area contributed by atoms with Crippen LogP contribution in [-0.4, -0.2) is 34.7 Å². The molecule has 1 unspecified atom stereocenters. The first-order valence-electron chi connectivity index (χ1n) is 6.92. The van der Waals surface area contributed by atoms with E-state index in [1.165, 1.54) is 0 Å². The zero-order valence-corrected chi connectivity index (χ0v) is 15.9. The van der Waals surface area contributed by atoms with Crippen molar-refractivity contribution in [2.75, 3.05) is 13.2 Å². The summed E-state index contributed by atoms with van der Waals surface area (Å²) in [5.41, 5.74) is 0.160. The normalized spacial score (nSPS) is 14.8. The molecular weight excluding hydrogens is 280 g/mol. The Hall–Kier alpha value is 0.664. The zero-order chi connectivity index (χ0) is 14.2. The molecule has 110 valence electrons. The molecule has 0 rings (SSSR count). The summed E-state index contributed by atoms with van der Waals surface area (Å²) in [7, 11) is -3.64. The third kappa shape index (κ3) is 7.96. The van der Waals surface area contributed by atoms with Crippen molar-refractivity contribution in [1.29, 1.82) is 0 Å². The van der Waals surface area contributed by atoms with E-state index in [-0.39, 0.29) is 5.44 Å². The summed E-state index contributed by atoms with van der Waals surface area (Å²) in [6, 6.07) is 0.908. The van der Waals surface area contributed by atoms with Crippen molar-refractivity contribution in [3.63, 3.8) is 0 Å². The highest BCUT2D eigenvalue weighted by molar-refractivity contribution is 8.28. The molecule has 0 aliphatic rings. The number of hydrogen-bond acceptors (Lipinski definition) is 4. The van der Waals surface area contributed by atoms with Gasteiger partial charge in [0.1, 0.15) is 7.22 Å². The van der Waals surface area contributed by atoms with Crippen LogP contribution in [0.25, 0.3) is 0 Å². The van der Waals surface area contributed by atoms with Gasteiger partial charge < -0.3 is 13.3 Å². The van der Waals surface area contributed by atoms with Crippen LogP contribution in [0.4, 0.5) is 0 Å². The zero-order valence-electron chi connectivity index (χ0n) is 13.0. The summed E-state index contributed by atoms with van der Waals surface area (Å²) in [5.74, 6) is 0. The maximum absolute atomic E-state index is 6.23. The highest BCUT2D eigenvalue weighted by Gasteiger charge is 2.42. The fourth-order valence-electron chi connectivity index (χ4n) is 1.83. The smallest absolute Gasteiger partial charge is 0.374 e. The van der Waals surface area contributed by atoms with Crippen molar-refractivity contribution in [3.05, 3.63) is 0 Å². The van der Waals surface area contributed by atoms with Gasteiger partial charge in [0.25, 0.3) is 0 Å². The summed E-state index contributed by atoms with van der Waals surface area (Å²) in [6.45, 7) is 16.6. The molecule has 0 radical (unpaired) electrons. The van der Waals surface area contributed by atoms with Gasteiger partial charge in [-0.1, -0.05) is 33.0 Å². The second-order valence-electron chi connectivity index (χ2n) is 5.21. The lowest BCUT2D eigenvalue weighted by molar-refractivity contribution is 0.0629. The van der Waals surface area contributed by atoms with E-state index in [4.69, 9.17) is 13.3 Å². The minimum absolute atomic E-state index is 0.160. The molecule has 0 aliphatic carbocycles. The molecule has 0 bridgehead atoms. The largest absolute Gasteiger partial charge is 0.501 e. The third-order valence-corrected chi connectivity index (χ3v) is 9.85. The van der Waals surface area contributed by atoms with Gasteiger partial charge in [-0.2, -0.15) is 11.2 Å². The Morgan fingerprint density at radius 1 is 1.00 bits per heavy atom. The van der Waals surface area contributed by atoms with Gasteiger partial charge in [-0.3, -0.25) is 0 Å². The van der Waals surface area contributed by atoms with Crippen LogP contribution in [0.5, 0.6) is 0 Å². The molecule has 0 aliphatic heterocycles. The first kappa shape index (κ1) is 18.7. The Bertz CT molecular complexity index is 205. The predicted molar refractivity (Wildman–Crippen MR) is 85.6 cm³/mol. The van der Waals surface area contributed by atoms with Gasteiger partial charge in [0, 0.05) is 19.3 Å². The van der Waals surface area contributed by atoms with E-state index in [1.54, 1.807) is 0 Å². The lowest BCUT2D eigenvalue weighted by atomic mass is 10.6. The molecule has 18 heavy (non-hydrogen) atoms. The van der Waals surface area contributed by atoms with Gasteiger partial charge in [-0.15, -0.1) is 0 Å². The molecule has 6 heteroatoms. The molecular formula is C12H30O3SSi2. The minimum atomic E-state index is -2.46. The van der Waals surface area contributed by atoms with Crippen LogP contribution in [0.3, 0.4) is 0 Å². The molecule has 0 aromatic heterocycles. The monoisotopic (exact) mass is 310 g/mol. The van der Waals surface area contributed by atoms with Crippen LogP contribution >= 0.6 is 11.2 Å². The average molecular weight is 311 g/mol. The van der Waals surface area contributed by atoms with E-state index in [2.05, 4.69) is 33.5 Å². The van der Waals surface area contributed by atoms with Gasteiger partial charge in [0.2, 0.25) is 0 Å². The van der Waals surface area contributed by atoms with Crippen molar-refractivity contribution < 1.29 is 13.3 Å². The Labute approximate surface area is 119 Å². The van der Waals surface area contributed by atoms with Gasteiger partial charge in [0.15, 0.2) is 0 Å². The van der Waals surface area contributed by atoms with Crippen LogP contribution in [0.15, 0.2) is 0 Å². The Balaban J connectivity index is 4.63. The van der Waals surface area contributed by atoms with Crippen LogP contribution in [0.2, 0.25) is 25.7 Å². The molecule has 0 fully saturated rings. The molecule has 1 atom stereocenters. The van der Waals surface area contributed by atoms with Gasteiger partial charge >= 0.3 is 8.80 Å². The summed E-state index contributed by atoms with van der Waals surface area (Å²) >= 11 is 1.95. The fourth-order valence-corrected chi connectivity index (χ4v) is 9.51. The lowest BCUT2D eigenvalue weighted by Gasteiger charge is -2.33. The molecule has 0 N–H and O–H groups in total. The first-order valence-corrected chi connectivity index (χ1v) is 14.0. The third-order valence-electron chi connectivity index (χ3n) is 2.15. The minimum Gasteiger partial charge on any atom is -0.374 e. The Morgan fingerprint density at radius 3 is 1.83 bits per heavy atom. The maximum atomic E-state index is 6.23. The topological polar surface area (TPSA) is 27.7 Å². The van der Waals surface area contributed by atoms with Crippen molar-refractivity contribution in [2.24, 2.45) is 0 Å². The summed E-state index contributed by atoms with van der Waals surface area (Å²) in [4.78, 5) is 0. The van der Waals surface area contributed by atoms with Crippen molar-refractivity contribution in [1.82, 2.24) is 0 Å². The first-order chi connectivity index (χ1) is 8.28. The van der Waals surface area contributed by atoms with Gasteiger partial charge in [-0.05, 0) is 20.8 Å². The summed E-state index contributed by atoms with van der Waals surface area (Å²) in [5, 5.41) is 0. The predicted octanol–water partition coefficient (Wildman–Crippen LogP) is 4.34. The van der Waals surface area contributed by atoms with E-state index in [0.717, 1.165) is 12.5 Å². The Kier molecular flexibility index (Phi) is 9.08. The molecule has 0 amide bonds. The molecule has 3 nitrogen and oxygen atoms in total. The fraction of sp³-hybridized carbons (Fsp3) is 1.00. The highest BCUT2D eigenvalue weighted by atomic mass is 32.4. The van der Waals surface area contributed by atoms with Crippen molar-refractivity contribution in [2.45, 2.75) is 65.2 Å². The molecule has 0 saturated carbocycles. The molecule has 0 aromatic rings. The van der Waals surface area contributed by atoms with E-state index >= 15 is 0 Å². The van der Waals surface area contributed by atoms with E-state index in [1.807, 2.05) is 25.1 Å². The summed E-state index contributed by atoms with van der Waals surface area (Å²) in [6.07, 6.45) is 1.04. The van der Waals surface area contributed by atoms with Crippen molar-refractivity contribution >= 4 is 27.2 Å². The molecule has 0 aromatic carbocycles. The second kappa shape index (κ2) is 8.76. The molecule has 0 spiro atoms. The molecule has 0 heterocycles. The molecule has 0 saturated heterocycles. The quantitative estimate of drug-likeness (QED) is 0.443. The van der Waals surface area contributed by atoms with Crippen LogP contribution in [0, 0.1) is 0 Å². The average Bonchev–Trinajstić information content (AvgIpc) is 2.15. The summed E-state index contributed by atoms with van der Waals surface area (Å²) < 4.78 is 18.0. The highest BCUT2D eigenvalue weighted by Crippen LogP contribution is 2.30. The number of rotatable bonds is 10. The Morgan fingerprint density at radius 2 is 1.50 bits per heavy atom. The van der Waals surface area contributed by atoms with Crippen LogP contribution in [0.1, 0.15) is 34.1 Å². The van der Waals surface area contributed by atoms with E-state index < -0.39 is 16.0 Å². The SMILES string of the molecule is CCC[Si](OCC)(OCC)OC(C)S[Si](C)(C)C. The standard InChI is InChI=1S/C12H30O3SSi2/c1-8-11-18(13-9-2,14-10-3)15-12(4)16-17(5,6)7/h12H,8-11H2,1-7H3. The van der Waals surface area contributed by atoms with E-state index in [0.29, 0.717) is 13.2 Å². The van der Waals surface area contributed by atoms with Crippen LogP contribution in [-0.2, 0) is 13.3 Å². The van der Waals surface area contributed by atoms with E-state index in [9.17, 15) is 0 Å². The number of hydrogen-bond donors (Lipinski definition) is 0. The lowest BCUT2D eigenvalue weighted by Crippen LogP contribution is -2.48. The van der Waals surface area contributed by atoms with Crippen LogP contribution < -0.4 is 0 Å². The van der Waals surface area contributed by atoms with Gasteiger partial charge in [-0.25, -0.2) is 0 Å². The van der Waals surface area contributed by atoms with Gasteiger partial charge in [0.05, 0.1) is 5.44 Å².